The molecule has 3 aromatic heterocycles. The zero-order chi connectivity index (χ0) is 24.4. The summed E-state index contributed by atoms with van der Waals surface area (Å²) in [5.41, 5.74) is 1.46. The number of fused-ring (bicyclic) bond motifs is 1. The van der Waals surface area contributed by atoms with Crippen LogP contribution in [0.1, 0.15) is 42.9 Å². The predicted octanol–water partition coefficient (Wildman–Crippen LogP) is 1.66. The van der Waals surface area contributed by atoms with E-state index in [2.05, 4.69) is 21.7 Å². The van der Waals surface area contributed by atoms with E-state index in [1.165, 1.54) is 11.3 Å². The monoisotopic (exact) mass is 485 g/mol. The number of piperazine rings is 1. The Hall–Kier alpha value is -3.31. The fourth-order valence-electron chi connectivity index (χ4n) is 4.41. The topological polar surface area (TPSA) is 107 Å². The van der Waals surface area contributed by atoms with Gasteiger partial charge in [-0.15, -0.1) is 16.1 Å². The first kappa shape index (κ1) is 23.8. The molecule has 1 aliphatic rings. The minimum absolute atomic E-state index is 0.0169. The highest BCUT2D eigenvalue weighted by Gasteiger charge is 2.29. The van der Waals surface area contributed by atoms with Gasteiger partial charge in [0.2, 0.25) is 0 Å². The van der Waals surface area contributed by atoms with Crippen molar-refractivity contribution in [2.75, 3.05) is 24.5 Å². The van der Waals surface area contributed by atoms with Gasteiger partial charge >= 0.3 is 12.2 Å². The van der Waals surface area contributed by atoms with Gasteiger partial charge in [-0.3, -0.25) is 19.3 Å². The van der Waals surface area contributed by atoms with Gasteiger partial charge in [0, 0.05) is 32.1 Å². The molecule has 11 heteroatoms. The number of aromatic nitrogens is 3. The summed E-state index contributed by atoms with van der Waals surface area (Å²) in [7, 11) is 0. The summed E-state index contributed by atoms with van der Waals surface area (Å²) < 4.78 is 2.35. The van der Waals surface area contributed by atoms with Gasteiger partial charge in [-0.2, -0.15) is 0 Å². The van der Waals surface area contributed by atoms with E-state index in [0.717, 1.165) is 27.1 Å². The minimum atomic E-state index is -0.684. The lowest BCUT2D eigenvalue weighted by Gasteiger charge is -2.42. The van der Waals surface area contributed by atoms with Crippen molar-refractivity contribution in [1.82, 2.24) is 19.2 Å². The summed E-state index contributed by atoms with van der Waals surface area (Å²) in [6, 6.07) is 5.38. The molecule has 1 aliphatic heterocycles. The van der Waals surface area contributed by atoms with E-state index in [0.29, 0.717) is 36.4 Å². The smallest absolute Gasteiger partial charge is 0.366 e. The molecule has 0 aromatic carbocycles. The van der Waals surface area contributed by atoms with Crippen LogP contribution in [0.25, 0.3) is 10.2 Å². The second kappa shape index (κ2) is 9.90. The molecule has 34 heavy (non-hydrogen) atoms. The molecule has 0 radical (unpaired) electrons. The van der Waals surface area contributed by atoms with Crippen molar-refractivity contribution in [1.29, 1.82) is 0 Å². The molecule has 10 nitrogen and oxygen atoms in total. The first-order chi connectivity index (χ1) is 16.4. The molecule has 1 atom stereocenters. The van der Waals surface area contributed by atoms with Gasteiger partial charge in [-0.1, -0.05) is 13.8 Å². The van der Waals surface area contributed by atoms with Gasteiger partial charge in [0.05, 0.1) is 18.1 Å². The number of carbonyl (C=O) groups excluding carboxylic acids is 2. The summed E-state index contributed by atoms with van der Waals surface area (Å²) in [4.78, 5) is 62.6. The first-order valence-corrected chi connectivity index (χ1v) is 12.1. The van der Waals surface area contributed by atoms with Crippen molar-refractivity contribution in [3.05, 3.63) is 55.8 Å². The highest BCUT2D eigenvalue weighted by Crippen LogP contribution is 2.24. The summed E-state index contributed by atoms with van der Waals surface area (Å²) in [6.45, 7) is 8.05. The van der Waals surface area contributed by atoms with Gasteiger partial charge < -0.3 is 9.74 Å². The normalized spacial score (nSPS) is 16.7. The molecule has 0 saturated carbocycles. The Balaban J connectivity index is 1.59. The van der Waals surface area contributed by atoms with Crippen LogP contribution in [0, 0.1) is 6.92 Å². The third kappa shape index (κ3) is 4.28. The van der Waals surface area contributed by atoms with Crippen LogP contribution >= 0.6 is 11.3 Å². The lowest BCUT2D eigenvalue weighted by Crippen LogP contribution is -2.56. The van der Waals surface area contributed by atoms with E-state index >= 15 is 0 Å². The molecule has 180 valence electrons. The Labute approximate surface area is 199 Å². The molecule has 4 rings (SSSR count). The minimum Gasteiger partial charge on any atom is -0.367 e. The Kier molecular flexibility index (Phi) is 6.94. The summed E-state index contributed by atoms with van der Waals surface area (Å²) in [6.07, 6.45) is 1.23. The van der Waals surface area contributed by atoms with Gasteiger partial charge in [0.1, 0.15) is 15.9 Å². The van der Waals surface area contributed by atoms with Crippen molar-refractivity contribution in [2.24, 2.45) is 0 Å². The molecule has 0 bridgehead atoms. The largest absolute Gasteiger partial charge is 0.367 e. The SMILES string of the molecule is CCC(=O)c1ccc(N2CCN(Cn3c(=O)c4sccc4n(OC=O)c3=O)C(CC)C2)c(C)n1. The number of nitrogens with zero attached hydrogens (tertiary/aromatic N) is 5. The molecule has 4 heterocycles. The van der Waals surface area contributed by atoms with Crippen molar-refractivity contribution in [2.45, 2.75) is 46.3 Å². The van der Waals surface area contributed by atoms with Crippen LogP contribution in [0.3, 0.4) is 0 Å². The van der Waals surface area contributed by atoms with E-state index in [4.69, 9.17) is 4.84 Å². The molecule has 1 saturated heterocycles. The Morgan fingerprint density at radius 3 is 2.71 bits per heavy atom. The van der Waals surface area contributed by atoms with Crippen LogP contribution in [0.4, 0.5) is 5.69 Å². The number of ketones is 1. The number of hydrogen-bond acceptors (Lipinski definition) is 9. The molecule has 1 fully saturated rings. The Morgan fingerprint density at radius 2 is 2.03 bits per heavy atom. The Morgan fingerprint density at radius 1 is 1.24 bits per heavy atom. The van der Waals surface area contributed by atoms with Crippen molar-refractivity contribution in [3.8, 4) is 0 Å². The number of pyridine rings is 1. The second-order valence-electron chi connectivity index (χ2n) is 8.19. The van der Waals surface area contributed by atoms with E-state index in [1.54, 1.807) is 17.5 Å². The van der Waals surface area contributed by atoms with Crippen LogP contribution < -0.4 is 21.0 Å². The van der Waals surface area contributed by atoms with Crippen LogP contribution in [0.5, 0.6) is 0 Å². The maximum atomic E-state index is 13.0. The van der Waals surface area contributed by atoms with Crippen molar-refractivity contribution < 1.29 is 14.4 Å². The summed E-state index contributed by atoms with van der Waals surface area (Å²) in [5, 5.41) is 1.68. The molecular weight excluding hydrogens is 458 g/mol. The second-order valence-corrected chi connectivity index (χ2v) is 9.10. The fourth-order valence-corrected chi connectivity index (χ4v) is 5.22. The number of anilines is 1. The van der Waals surface area contributed by atoms with E-state index in [1.807, 2.05) is 19.9 Å². The fraction of sp³-hybridized carbons (Fsp3) is 0.435. The highest BCUT2D eigenvalue weighted by molar-refractivity contribution is 7.17. The van der Waals surface area contributed by atoms with Crippen LogP contribution in [0.15, 0.2) is 33.2 Å². The lowest BCUT2D eigenvalue weighted by molar-refractivity contribution is -0.129. The molecular formula is C23H27N5O5S. The molecule has 0 spiro atoms. The van der Waals surface area contributed by atoms with E-state index < -0.39 is 11.2 Å². The number of thiophene rings is 1. The van der Waals surface area contributed by atoms with Crippen LogP contribution in [-0.4, -0.2) is 57.1 Å². The predicted molar refractivity (Wildman–Crippen MR) is 130 cm³/mol. The third-order valence-electron chi connectivity index (χ3n) is 6.26. The number of Topliss-reactive ketones (excluding diaryl/α,β-unsaturated/α-hetero) is 1. The quantitative estimate of drug-likeness (QED) is 0.350. The molecule has 1 unspecified atom stereocenters. The number of carbonyl (C=O) groups is 2. The van der Waals surface area contributed by atoms with Crippen LogP contribution in [0.2, 0.25) is 0 Å². The van der Waals surface area contributed by atoms with Gasteiger partial charge in [-0.25, -0.2) is 14.3 Å². The third-order valence-corrected chi connectivity index (χ3v) is 7.15. The van der Waals surface area contributed by atoms with Crippen molar-refractivity contribution in [3.63, 3.8) is 0 Å². The molecule has 0 amide bonds. The van der Waals surface area contributed by atoms with E-state index in [-0.39, 0.29) is 30.5 Å². The lowest BCUT2D eigenvalue weighted by atomic mass is 10.1. The highest BCUT2D eigenvalue weighted by atomic mass is 32.1. The van der Waals surface area contributed by atoms with Crippen LogP contribution in [-0.2, 0) is 11.5 Å². The molecule has 0 aliphatic carbocycles. The molecule has 0 N–H and O–H groups in total. The maximum absolute atomic E-state index is 13.0. The van der Waals surface area contributed by atoms with Crippen molar-refractivity contribution >= 4 is 39.5 Å². The number of rotatable bonds is 8. The summed E-state index contributed by atoms with van der Waals surface area (Å²) >= 11 is 1.20. The number of aryl methyl sites for hydroxylation is 1. The average Bonchev–Trinajstić information content (AvgIpc) is 3.34. The summed E-state index contributed by atoms with van der Waals surface area (Å²) in [5.74, 6) is 0.0169. The first-order valence-electron chi connectivity index (χ1n) is 11.2. The van der Waals surface area contributed by atoms with Gasteiger partial charge in [0.15, 0.2) is 5.78 Å². The van der Waals surface area contributed by atoms with E-state index in [9.17, 15) is 19.2 Å². The van der Waals surface area contributed by atoms with Gasteiger partial charge in [-0.05, 0) is 36.9 Å². The zero-order valence-corrected chi connectivity index (χ0v) is 20.2. The number of hydrogen-bond donors (Lipinski definition) is 0. The molecule has 3 aromatic rings. The average molecular weight is 486 g/mol. The standard InChI is InChI=1S/C23H27N5O5S/c1-4-16-12-25(18-7-6-17(20(30)5-2)24-15(18)3)9-10-26(16)13-27-22(31)21-19(8-11-34-21)28(23(27)32)33-14-29/h6-8,11,14,16H,4-5,9-10,12-13H2,1-3H3. The Bertz CT molecular complexity index is 1340. The van der Waals surface area contributed by atoms with Gasteiger partial charge in [0.25, 0.3) is 5.56 Å². The zero-order valence-electron chi connectivity index (χ0n) is 19.4. The maximum Gasteiger partial charge on any atom is 0.366 e.